The zero-order valence-electron chi connectivity index (χ0n) is 23.1. The maximum Gasteiger partial charge on any atom is 0.415 e. The van der Waals surface area contributed by atoms with Crippen LogP contribution in [0.5, 0.6) is 0 Å². The van der Waals surface area contributed by atoms with Crippen molar-refractivity contribution in [1.82, 2.24) is 5.32 Å². The van der Waals surface area contributed by atoms with Gasteiger partial charge in [-0.1, -0.05) is 48.5 Å². The third-order valence-corrected chi connectivity index (χ3v) is 7.37. The molecule has 1 saturated carbocycles. The first-order valence-electron chi connectivity index (χ1n) is 13.4. The molecule has 3 aromatic rings. The van der Waals surface area contributed by atoms with Crippen LogP contribution in [-0.2, 0) is 11.3 Å². The minimum atomic E-state index is -4.69. The summed E-state index contributed by atoms with van der Waals surface area (Å²) in [6, 6.07) is 19.9. The van der Waals surface area contributed by atoms with Crippen molar-refractivity contribution >= 4 is 28.9 Å². The summed E-state index contributed by atoms with van der Waals surface area (Å²) in [7, 11) is 1.53. The van der Waals surface area contributed by atoms with E-state index in [1.807, 2.05) is 43.3 Å². The van der Waals surface area contributed by atoms with Crippen LogP contribution in [0.2, 0.25) is 5.02 Å². The number of nitrogens with two attached hydrogens (primary N) is 1. The van der Waals surface area contributed by atoms with E-state index in [4.69, 9.17) is 17.3 Å². The molecule has 1 atom stereocenters. The van der Waals surface area contributed by atoms with E-state index in [0.29, 0.717) is 22.3 Å². The quantitative estimate of drug-likeness (QED) is 0.164. The summed E-state index contributed by atoms with van der Waals surface area (Å²) in [5.41, 5.74) is 9.12. The smallest absolute Gasteiger partial charge is 0.340 e. The molecule has 216 valence electrons. The fourth-order valence-corrected chi connectivity index (χ4v) is 4.79. The first kappa shape index (κ1) is 30.4. The monoisotopic (exact) mass is 582 g/mol. The fraction of sp³-hybridized carbons (Fsp3) is 0.281. The van der Waals surface area contributed by atoms with Gasteiger partial charge in [0.25, 0.3) is 5.91 Å². The van der Waals surface area contributed by atoms with Gasteiger partial charge in [-0.3, -0.25) is 4.79 Å². The lowest BCUT2D eigenvalue weighted by Crippen LogP contribution is -2.29. The number of anilines is 2. The Morgan fingerprint density at radius 2 is 1.88 bits per heavy atom. The number of likely N-dealkylation sites (N-methyl/N-ethyl adjacent to an activating group) is 1. The standard InChI is InChI=1S/C32H34ClF3N4O/c1-20-14-25(33)12-13-28(20)30(38-19-22-10-11-22)24-7-5-8-26(17-24)39-31(41)29(15-21(2)32(34,35)36)40(3)27-9-4-6-23(16-27)18-37/h4-9,12-17,22,30,38H,2,10-11,18-19,37H2,1,3H3,(H,39,41)/b29-15-. The third kappa shape index (κ3) is 8.00. The van der Waals surface area contributed by atoms with Gasteiger partial charge in [0.2, 0.25) is 0 Å². The molecule has 0 bridgehead atoms. The van der Waals surface area contributed by atoms with Gasteiger partial charge in [-0.2, -0.15) is 13.2 Å². The number of benzene rings is 3. The van der Waals surface area contributed by atoms with Crippen LogP contribution in [-0.4, -0.2) is 25.7 Å². The van der Waals surface area contributed by atoms with Crippen LogP contribution in [0.25, 0.3) is 0 Å². The van der Waals surface area contributed by atoms with Gasteiger partial charge < -0.3 is 21.3 Å². The van der Waals surface area contributed by atoms with Gasteiger partial charge in [-0.25, -0.2) is 0 Å². The van der Waals surface area contributed by atoms with E-state index < -0.39 is 17.7 Å². The molecule has 0 heterocycles. The molecule has 4 rings (SSSR count). The number of halogens is 4. The van der Waals surface area contributed by atoms with Crippen LogP contribution >= 0.6 is 11.6 Å². The largest absolute Gasteiger partial charge is 0.415 e. The number of hydrogen-bond donors (Lipinski definition) is 3. The van der Waals surface area contributed by atoms with Crippen LogP contribution in [0.15, 0.2) is 90.7 Å². The molecular weight excluding hydrogens is 549 g/mol. The molecule has 0 spiro atoms. The second kappa shape index (κ2) is 12.9. The number of alkyl halides is 3. The summed E-state index contributed by atoms with van der Waals surface area (Å²) in [5, 5.41) is 7.09. The molecule has 0 aliphatic heterocycles. The first-order chi connectivity index (χ1) is 19.5. The predicted octanol–water partition coefficient (Wildman–Crippen LogP) is 7.27. The van der Waals surface area contributed by atoms with Gasteiger partial charge in [0.15, 0.2) is 0 Å². The van der Waals surface area contributed by atoms with Crippen molar-refractivity contribution in [2.24, 2.45) is 11.7 Å². The summed E-state index contributed by atoms with van der Waals surface area (Å²) in [5.74, 6) is -0.0749. The number of allylic oxidation sites excluding steroid dienone is 2. The van der Waals surface area contributed by atoms with Crippen LogP contribution in [0.1, 0.15) is 41.1 Å². The zero-order chi connectivity index (χ0) is 29.7. The summed E-state index contributed by atoms with van der Waals surface area (Å²) >= 11 is 6.21. The maximum atomic E-state index is 13.5. The summed E-state index contributed by atoms with van der Waals surface area (Å²) in [6.07, 6.45) is -1.56. The van der Waals surface area contributed by atoms with Crippen molar-refractivity contribution in [3.63, 3.8) is 0 Å². The van der Waals surface area contributed by atoms with Crippen LogP contribution in [0, 0.1) is 12.8 Å². The minimum Gasteiger partial charge on any atom is -0.340 e. The third-order valence-electron chi connectivity index (χ3n) is 7.13. The van der Waals surface area contributed by atoms with Gasteiger partial charge >= 0.3 is 6.18 Å². The lowest BCUT2D eigenvalue weighted by atomic mass is 9.94. The van der Waals surface area contributed by atoms with Gasteiger partial charge in [0.1, 0.15) is 5.70 Å². The molecule has 3 aromatic carbocycles. The fourth-order valence-electron chi connectivity index (χ4n) is 4.56. The molecule has 1 aliphatic rings. The van der Waals surface area contributed by atoms with Crippen molar-refractivity contribution in [3.8, 4) is 0 Å². The molecule has 0 radical (unpaired) electrons. The van der Waals surface area contributed by atoms with Gasteiger partial charge in [0, 0.05) is 30.0 Å². The van der Waals surface area contributed by atoms with E-state index in [0.717, 1.165) is 34.9 Å². The minimum absolute atomic E-state index is 0.161. The highest BCUT2D eigenvalue weighted by atomic mass is 35.5. The lowest BCUT2D eigenvalue weighted by Gasteiger charge is -2.24. The van der Waals surface area contributed by atoms with Crippen molar-refractivity contribution < 1.29 is 18.0 Å². The average molecular weight is 583 g/mol. The molecule has 4 N–H and O–H groups in total. The van der Waals surface area contributed by atoms with Crippen LogP contribution in [0.3, 0.4) is 0 Å². The first-order valence-corrected chi connectivity index (χ1v) is 13.8. The Labute approximate surface area is 243 Å². The van der Waals surface area contributed by atoms with Crippen molar-refractivity contribution in [3.05, 3.63) is 118 Å². The summed E-state index contributed by atoms with van der Waals surface area (Å²) < 4.78 is 40.4. The summed E-state index contributed by atoms with van der Waals surface area (Å²) in [6.45, 7) is 6.24. The number of hydrogen-bond acceptors (Lipinski definition) is 4. The van der Waals surface area contributed by atoms with E-state index in [2.05, 4.69) is 17.2 Å². The van der Waals surface area contributed by atoms with Crippen molar-refractivity contribution in [2.75, 3.05) is 23.8 Å². The van der Waals surface area contributed by atoms with E-state index in [9.17, 15) is 18.0 Å². The molecule has 1 amide bonds. The normalized spacial score (nSPS) is 14.5. The highest BCUT2D eigenvalue weighted by Crippen LogP contribution is 2.33. The molecule has 5 nitrogen and oxygen atoms in total. The highest BCUT2D eigenvalue weighted by Gasteiger charge is 2.32. The van der Waals surface area contributed by atoms with Gasteiger partial charge in [0.05, 0.1) is 11.6 Å². The predicted molar refractivity (Wildman–Crippen MR) is 160 cm³/mol. The average Bonchev–Trinajstić information content (AvgIpc) is 3.76. The summed E-state index contributed by atoms with van der Waals surface area (Å²) in [4.78, 5) is 14.9. The van der Waals surface area contributed by atoms with Crippen LogP contribution < -0.4 is 21.3 Å². The molecular formula is C32H34ClF3N4O. The van der Waals surface area contributed by atoms with Gasteiger partial charge in [-0.05, 0) is 97.0 Å². The number of nitrogens with zero attached hydrogens (tertiary/aromatic N) is 1. The van der Waals surface area contributed by atoms with E-state index in [1.165, 1.54) is 24.8 Å². The Bertz CT molecular complexity index is 1450. The second-order valence-electron chi connectivity index (χ2n) is 10.4. The number of carbonyl (C=O) groups excluding carboxylic acids is 1. The maximum absolute atomic E-state index is 13.5. The Morgan fingerprint density at radius 3 is 2.54 bits per heavy atom. The van der Waals surface area contributed by atoms with E-state index >= 15 is 0 Å². The molecule has 1 fully saturated rings. The lowest BCUT2D eigenvalue weighted by molar-refractivity contribution is -0.112. The molecule has 41 heavy (non-hydrogen) atoms. The zero-order valence-corrected chi connectivity index (χ0v) is 23.8. The molecule has 1 unspecified atom stereocenters. The van der Waals surface area contributed by atoms with Crippen molar-refractivity contribution in [2.45, 2.75) is 38.5 Å². The number of aryl methyl sites for hydroxylation is 1. The Hall–Kier alpha value is -3.59. The molecule has 0 aromatic heterocycles. The second-order valence-corrected chi connectivity index (χ2v) is 10.8. The van der Waals surface area contributed by atoms with Crippen molar-refractivity contribution in [1.29, 1.82) is 0 Å². The molecule has 1 aliphatic carbocycles. The number of nitrogens with one attached hydrogen (secondary N) is 2. The SMILES string of the molecule is C=C(/C=C(/C(=O)Nc1cccc(C(NCC2CC2)c2ccc(Cl)cc2C)c1)N(C)c1cccc(CN)c1)C(F)(F)F. The van der Waals surface area contributed by atoms with E-state index in [1.54, 1.807) is 30.3 Å². The number of carbonyl (C=O) groups is 1. The Morgan fingerprint density at radius 1 is 1.15 bits per heavy atom. The Balaban J connectivity index is 1.65. The van der Waals surface area contributed by atoms with E-state index in [-0.39, 0.29) is 18.3 Å². The highest BCUT2D eigenvalue weighted by molar-refractivity contribution is 6.30. The Kier molecular flexibility index (Phi) is 9.58. The topological polar surface area (TPSA) is 70.4 Å². The van der Waals surface area contributed by atoms with Gasteiger partial charge in [-0.15, -0.1) is 0 Å². The number of amides is 1. The van der Waals surface area contributed by atoms with Crippen LogP contribution in [0.4, 0.5) is 24.5 Å². The number of rotatable bonds is 11. The molecule has 0 saturated heterocycles. The molecule has 9 heteroatoms.